The van der Waals surface area contributed by atoms with Crippen molar-refractivity contribution in [2.75, 3.05) is 6.54 Å². The molecule has 0 atom stereocenters. The molecular formula is C13H17N4S. The van der Waals surface area contributed by atoms with Crippen LogP contribution in [0.25, 0.3) is 0 Å². The lowest BCUT2D eigenvalue weighted by Crippen LogP contribution is -2.29. The highest BCUT2D eigenvalue weighted by Gasteiger charge is 2.20. The summed E-state index contributed by atoms with van der Waals surface area (Å²) in [6, 6.07) is 0. The lowest BCUT2D eigenvalue weighted by atomic mass is 10.1. The highest BCUT2D eigenvalue weighted by molar-refractivity contribution is 7.09. The van der Waals surface area contributed by atoms with Crippen molar-refractivity contribution >= 4 is 11.3 Å². The number of hydrogen-bond acceptors (Lipinski definition) is 4. The Balaban J connectivity index is 1.72. The van der Waals surface area contributed by atoms with Gasteiger partial charge in [0.25, 0.3) is 0 Å². The summed E-state index contributed by atoms with van der Waals surface area (Å²) in [4.78, 5) is 16.1. The van der Waals surface area contributed by atoms with Gasteiger partial charge in [0.1, 0.15) is 5.82 Å². The molecule has 0 spiro atoms. The van der Waals surface area contributed by atoms with Gasteiger partial charge in [-0.05, 0) is 6.92 Å². The topological polar surface area (TPSA) is 44.8 Å². The van der Waals surface area contributed by atoms with Crippen molar-refractivity contribution in [2.24, 2.45) is 0 Å². The third-order valence-electron chi connectivity index (χ3n) is 3.45. The van der Waals surface area contributed by atoms with E-state index in [0.717, 1.165) is 44.0 Å². The Morgan fingerprint density at radius 1 is 1.50 bits per heavy atom. The summed E-state index contributed by atoms with van der Waals surface area (Å²) in [5.74, 6) is 1.09. The molecule has 0 unspecified atom stereocenters. The minimum Gasteiger partial charge on any atom is -0.345 e. The molecule has 1 N–H and O–H groups in total. The zero-order valence-corrected chi connectivity index (χ0v) is 11.6. The molecular weight excluding hydrogens is 244 g/mol. The SMILES string of the molecule is CCc1nc(C)c(CN2CCc3n[c]sc3C2)[nH]1. The second kappa shape index (κ2) is 4.82. The fourth-order valence-corrected chi connectivity index (χ4v) is 3.14. The molecule has 0 saturated heterocycles. The van der Waals surface area contributed by atoms with Gasteiger partial charge in [-0.15, -0.1) is 11.3 Å². The molecule has 0 fully saturated rings. The summed E-state index contributed by atoms with van der Waals surface area (Å²) in [6.45, 7) is 7.24. The summed E-state index contributed by atoms with van der Waals surface area (Å²) in [6.07, 6.45) is 2.01. The van der Waals surface area contributed by atoms with Gasteiger partial charge in [0, 0.05) is 37.4 Å². The lowest BCUT2D eigenvalue weighted by molar-refractivity contribution is 0.244. The Bertz CT molecular complexity index is 543. The first-order chi connectivity index (χ1) is 8.76. The predicted molar refractivity (Wildman–Crippen MR) is 71.5 cm³/mol. The van der Waals surface area contributed by atoms with Gasteiger partial charge < -0.3 is 4.98 Å². The molecule has 0 aromatic carbocycles. The Labute approximate surface area is 111 Å². The molecule has 0 saturated carbocycles. The van der Waals surface area contributed by atoms with Gasteiger partial charge >= 0.3 is 0 Å². The Morgan fingerprint density at radius 2 is 2.39 bits per heavy atom. The van der Waals surface area contributed by atoms with E-state index in [1.54, 1.807) is 11.3 Å². The number of nitrogens with one attached hydrogen (secondary N) is 1. The maximum absolute atomic E-state index is 4.53. The molecule has 3 rings (SSSR count). The van der Waals surface area contributed by atoms with E-state index in [-0.39, 0.29) is 0 Å². The number of thiazole rings is 1. The number of nitrogens with zero attached hydrogens (tertiary/aromatic N) is 3. The molecule has 2 aromatic heterocycles. The maximum Gasteiger partial charge on any atom is 0.152 e. The fourth-order valence-electron chi connectivity index (χ4n) is 2.36. The number of fused-ring (bicyclic) bond motifs is 1. The minimum atomic E-state index is 0.955. The molecule has 0 amide bonds. The van der Waals surface area contributed by atoms with Crippen LogP contribution in [0.15, 0.2) is 0 Å². The number of aryl methyl sites for hydroxylation is 2. The van der Waals surface area contributed by atoms with Crippen LogP contribution in [0.5, 0.6) is 0 Å². The standard InChI is InChI=1S/C13H17N4S/c1-3-13-15-9(2)11(16-13)6-17-5-4-10-12(7-17)18-8-14-10/h3-7H2,1-2H3,(H,15,16). The van der Waals surface area contributed by atoms with Crippen molar-refractivity contribution in [3.8, 4) is 0 Å². The van der Waals surface area contributed by atoms with E-state index >= 15 is 0 Å². The monoisotopic (exact) mass is 261 g/mol. The number of H-pyrrole nitrogens is 1. The fraction of sp³-hybridized carbons (Fsp3) is 0.538. The molecule has 1 radical (unpaired) electrons. The van der Waals surface area contributed by atoms with Crippen LogP contribution in [0.3, 0.4) is 0 Å². The minimum absolute atomic E-state index is 0.955. The second-order valence-corrected chi connectivity index (χ2v) is 5.62. The molecule has 5 heteroatoms. The molecule has 18 heavy (non-hydrogen) atoms. The number of imidazole rings is 1. The van der Waals surface area contributed by atoms with Crippen molar-refractivity contribution in [1.29, 1.82) is 0 Å². The molecule has 3 heterocycles. The molecule has 0 bridgehead atoms. The highest BCUT2D eigenvalue weighted by atomic mass is 32.1. The maximum atomic E-state index is 4.53. The average molecular weight is 261 g/mol. The first-order valence-corrected chi connectivity index (χ1v) is 7.19. The number of hydrogen-bond donors (Lipinski definition) is 1. The van der Waals surface area contributed by atoms with E-state index in [0.29, 0.717) is 0 Å². The van der Waals surface area contributed by atoms with E-state index in [9.17, 15) is 0 Å². The highest BCUT2D eigenvalue weighted by Crippen LogP contribution is 2.22. The molecule has 95 valence electrons. The van der Waals surface area contributed by atoms with Crippen LogP contribution in [0.4, 0.5) is 0 Å². The number of aromatic amines is 1. The lowest BCUT2D eigenvalue weighted by Gasteiger charge is -2.25. The van der Waals surface area contributed by atoms with Gasteiger partial charge in [-0.2, -0.15) is 0 Å². The Morgan fingerprint density at radius 3 is 3.17 bits per heavy atom. The number of aromatic nitrogens is 3. The zero-order chi connectivity index (χ0) is 12.5. The van der Waals surface area contributed by atoms with Crippen LogP contribution in [0, 0.1) is 12.4 Å². The van der Waals surface area contributed by atoms with Crippen LogP contribution in [0.1, 0.15) is 34.7 Å². The van der Waals surface area contributed by atoms with Crippen molar-refractivity contribution < 1.29 is 0 Å². The Hall–Kier alpha value is -1.20. The van der Waals surface area contributed by atoms with Crippen molar-refractivity contribution in [2.45, 2.75) is 39.8 Å². The zero-order valence-electron chi connectivity index (χ0n) is 10.8. The predicted octanol–water partition coefficient (Wildman–Crippen LogP) is 2.10. The summed E-state index contributed by atoms with van der Waals surface area (Å²) in [5, 5.41) is 0. The van der Waals surface area contributed by atoms with Gasteiger partial charge in [0.05, 0.1) is 17.1 Å². The average Bonchev–Trinajstić information content (AvgIpc) is 2.96. The van der Waals surface area contributed by atoms with Gasteiger partial charge in [0.15, 0.2) is 5.51 Å². The van der Waals surface area contributed by atoms with Crippen LogP contribution < -0.4 is 0 Å². The van der Waals surface area contributed by atoms with E-state index in [1.807, 2.05) is 0 Å². The van der Waals surface area contributed by atoms with Crippen LogP contribution >= 0.6 is 11.3 Å². The smallest absolute Gasteiger partial charge is 0.152 e. The Kier molecular flexibility index (Phi) is 3.18. The largest absolute Gasteiger partial charge is 0.345 e. The molecule has 1 aliphatic heterocycles. The van der Waals surface area contributed by atoms with Crippen molar-refractivity contribution in [3.63, 3.8) is 0 Å². The van der Waals surface area contributed by atoms with Gasteiger partial charge in [-0.25, -0.2) is 9.97 Å². The first-order valence-electron chi connectivity index (χ1n) is 6.37. The van der Waals surface area contributed by atoms with E-state index in [2.05, 4.69) is 39.2 Å². The van der Waals surface area contributed by atoms with Crippen LogP contribution in [0.2, 0.25) is 0 Å². The van der Waals surface area contributed by atoms with E-state index < -0.39 is 0 Å². The van der Waals surface area contributed by atoms with Crippen molar-refractivity contribution in [1.82, 2.24) is 19.9 Å². The normalized spacial score (nSPS) is 15.9. The summed E-state index contributed by atoms with van der Waals surface area (Å²) in [5.41, 5.74) is 6.62. The van der Waals surface area contributed by atoms with Crippen LogP contribution in [-0.4, -0.2) is 26.4 Å². The third-order valence-corrected chi connectivity index (χ3v) is 4.25. The second-order valence-electron chi connectivity index (χ2n) is 4.74. The van der Waals surface area contributed by atoms with Gasteiger partial charge in [-0.3, -0.25) is 4.90 Å². The summed E-state index contributed by atoms with van der Waals surface area (Å²) in [7, 11) is 0. The first kappa shape index (κ1) is 11.9. The van der Waals surface area contributed by atoms with E-state index in [1.165, 1.54) is 16.3 Å². The van der Waals surface area contributed by atoms with Gasteiger partial charge in [0.2, 0.25) is 0 Å². The molecule has 1 aliphatic rings. The van der Waals surface area contributed by atoms with E-state index in [4.69, 9.17) is 0 Å². The molecule has 4 nitrogen and oxygen atoms in total. The molecule has 2 aromatic rings. The summed E-state index contributed by atoms with van der Waals surface area (Å²) < 4.78 is 0. The summed E-state index contributed by atoms with van der Waals surface area (Å²) >= 11 is 1.65. The molecule has 0 aliphatic carbocycles. The van der Waals surface area contributed by atoms with Gasteiger partial charge in [-0.1, -0.05) is 6.92 Å². The van der Waals surface area contributed by atoms with Crippen LogP contribution in [-0.2, 0) is 25.9 Å². The number of rotatable bonds is 3. The third kappa shape index (κ3) is 2.20. The quantitative estimate of drug-likeness (QED) is 0.920. The van der Waals surface area contributed by atoms with Crippen molar-refractivity contribution in [3.05, 3.63) is 33.3 Å².